The van der Waals surface area contributed by atoms with E-state index in [0.717, 1.165) is 21.3 Å². The third-order valence-corrected chi connectivity index (χ3v) is 5.92. The van der Waals surface area contributed by atoms with E-state index in [2.05, 4.69) is 21.2 Å². The molecule has 0 aliphatic heterocycles. The molecule has 0 radical (unpaired) electrons. The molecule has 1 N–H and O–H groups in total. The predicted octanol–water partition coefficient (Wildman–Crippen LogP) is 7.40. The number of nitrogens with one attached hydrogen (secondary N) is 1. The van der Waals surface area contributed by atoms with E-state index >= 15 is 0 Å². The molecule has 0 aromatic heterocycles. The van der Waals surface area contributed by atoms with Crippen LogP contribution in [-0.2, 0) is 13.2 Å². The molecule has 152 valence electrons. The van der Waals surface area contributed by atoms with E-state index < -0.39 is 0 Å². The minimum Gasteiger partial charge on any atom is -0.493 e. The first-order valence-electron chi connectivity index (χ1n) is 8.81. The molecule has 0 atom stereocenters. The van der Waals surface area contributed by atoms with Crippen LogP contribution in [0.25, 0.3) is 0 Å². The molecule has 3 aromatic carbocycles. The van der Waals surface area contributed by atoms with Gasteiger partial charge in [0, 0.05) is 32.9 Å². The Bertz CT molecular complexity index is 1030. The first-order valence-corrected chi connectivity index (χ1v) is 10.4. The van der Waals surface area contributed by atoms with E-state index in [1.165, 1.54) is 12.1 Å². The number of aryl methyl sites for hydroxylation is 1. The summed E-state index contributed by atoms with van der Waals surface area (Å²) >= 11 is 15.9. The van der Waals surface area contributed by atoms with Crippen molar-refractivity contribution in [2.45, 2.75) is 20.1 Å². The maximum atomic E-state index is 13.3. The van der Waals surface area contributed by atoms with Gasteiger partial charge in [0.15, 0.2) is 11.5 Å². The van der Waals surface area contributed by atoms with Crippen LogP contribution in [0.3, 0.4) is 0 Å². The molecule has 7 heteroatoms. The number of methoxy groups -OCH3 is 1. The van der Waals surface area contributed by atoms with Gasteiger partial charge < -0.3 is 14.8 Å². The van der Waals surface area contributed by atoms with Crippen LogP contribution in [0.15, 0.2) is 53.0 Å². The largest absolute Gasteiger partial charge is 0.493 e. The molecule has 0 unspecified atom stereocenters. The molecule has 0 amide bonds. The monoisotopic (exact) mass is 497 g/mol. The lowest BCUT2D eigenvalue weighted by atomic mass is 10.1. The molecule has 0 aliphatic carbocycles. The number of hydrogen-bond donors (Lipinski definition) is 1. The lowest BCUT2D eigenvalue weighted by Crippen LogP contribution is -2.06. The van der Waals surface area contributed by atoms with Crippen molar-refractivity contribution in [3.63, 3.8) is 0 Å². The minimum absolute atomic E-state index is 0.176. The molecule has 0 bridgehead atoms. The fraction of sp³-hybridized carbons (Fsp3) is 0.182. The summed E-state index contributed by atoms with van der Waals surface area (Å²) in [4.78, 5) is 0. The standard InChI is InChI=1S/C22H19BrCl2FNO2/c1-13-3-6-16(10-19(13)24)27-11-17-18(23)7-8-21(28-2)22(17)29-12-14-4-5-15(26)9-20(14)25/h3-10,27H,11-12H2,1-2H3. The first kappa shape index (κ1) is 21.8. The molecular weight excluding hydrogens is 480 g/mol. The maximum absolute atomic E-state index is 13.3. The summed E-state index contributed by atoms with van der Waals surface area (Å²) < 4.78 is 25.7. The summed E-state index contributed by atoms with van der Waals surface area (Å²) in [6, 6.07) is 13.7. The number of ether oxygens (including phenoxy) is 2. The van der Waals surface area contributed by atoms with Gasteiger partial charge in [0.1, 0.15) is 12.4 Å². The van der Waals surface area contributed by atoms with Crippen molar-refractivity contribution in [1.82, 2.24) is 0 Å². The van der Waals surface area contributed by atoms with Gasteiger partial charge in [0.25, 0.3) is 0 Å². The van der Waals surface area contributed by atoms with Gasteiger partial charge in [-0.1, -0.05) is 51.3 Å². The van der Waals surface area contributed by atoms with Crippen LogP contribution >= 0.6 is 39.1 Å². The van der Waals surface area contributed by atoms with Crippen molar-refractivity contribution in [2.24, 2.45) is 0 Å². The van der Waals surface area contributed by atoms with E-state index in [4.69, 9.17) is 32.7 Å². The minimum atomic E-state index is -0.388. The highest BCUT2D eigenvalue weighted by Gasteiger charge is 2.16. The lowest BCUT2D eigenvalue weighted by molar-refractivity contribution is 0.281. The number of halogens is 4. The summed E-state index contributed by atoms with van der Waals surface area (Å²) in [6.07, 6.45) is 0. The Morgan fingerprint density at radius 2 is 1.83 bits per heavy atom. The Kier molecular flexibility index (Phi) is 7.28. The van der Waals surface area contributed by atoms with Gasteiger partial charge in [0.2, 0.25) is 0 Å². The van der Waals surface area contributed by atoms with E-state index in [1.54, 1.807) is 13.2 Å². The fourth-order valence-electron chi connectivity index (χ4n) is 2.75. The summed E-state index contributed by atoms with van der Waals surface area (Å²) in [5.74, 6) is 0.776. The number of hydrogen-bond acceptors (Lipinski definition) is 3. The number of rotatable bonds is 7. The second-order valence-corrected chi connectivity index (χ2v) is 8.07. The lowest BCUT2D eigenvalue weighted by Gasteiger charge is -2.18. The second kappa shape index (κ2) is 9.70. The molecule has 0 fully saturated rings. The zero-order valence-electron chi connectivity index (χ0n) is 15.9. The molecule has 0 heterocycles. The molecule has 0 saturated heterocycles. The molecule has 3 aromatic rings. The Morgan fingerprint density at radius 1 is 1.03 bits per heavy atom. The van der Waals surface area contributed by atoms with Gasteiger partial charge in [-0.3, -0.25) is 0 Å². The van der Waals surface area contributed by atoms with E-state index in [0.29, 0.717) is 33.7 Å². The summed E-state index contributed by atoms with van der Waals surface area (Å²) in [5, 5.41) is 4.36. The topological polar surface area (TPSA) is 30.5 Å². The van der Waals surface area contributed by atoms with Crippen LogP contribution in [0.4, 0.5) is 10.1 Å². The Morgan fingerprint density at radius 3 is 2.52 bits per heavy atom. The zero-order chi connectivity index (χ0) is 21.0. The van der Waals surface area contributed by atoms with Gasteiger partial charge in [-0.25, -0.2) is 4.39 Å². The third-order valence-electron chi connectivity index (χ3n) is 4.42. The van der Waals surface area contributed by atoms with Crippen molar-refractivity contribution < 1.29 is 13.9 Å². The van der Waals surface area contributed by atoms with Gasteiger partial charge in [-0.15, -0.1) is 0 Å². The molecule has 3 rings (SSSR count). The van der Waals surface area contributed by atoms with Crippen molar-refractivity contribution in [2.75, 3.05) is 12.4 Å². The van der Waals surface area contributed by atoms with Gasteiger partial charge in [-0.2, -0.15) is 0 Å². The molecule has 0 saturated carbocycles. The van der Waals surface area contributed by atoms with Crippen LogP contribution < -0.4 is 14.8 Å². The molecule has 0 aliphatic rings. The molecular formula is C22H19BrCl2FNO2. The van der Waals surface area contributed by atoms with Crippen LogP contribution in [0, 0.1) is 12.7 Å². The average Bonchev–Trinajstić information content (AvgIpc) is 2.69. The molecule has 0 spiro atoms. The molecule has 3 nitrogen and oxygen atoms in total. The quantitative estimate of drug-likeness (QED) is 0.368. The van der Waals surface area contributed by atoms with Crippen molar-refractivity contribution >= 4 is 44.8 Å². The Labute approximate surface area is 187 Å². The zero-order valence-corrected chi connectivity index (χ0v) is 19.0. The molecule has 29 heavy (non-hydrogen) atoms. The Balaban J connectivity index is 1.85. The van der Waals surface area contributed by atoms with Crippen molar-refractivity contribution in [3.8, 4) is 11.5 Å². The van der Waals surface area contributed by atoms with Crippen LogP contribution in [0.5, 0.6) is 11.5 Å². The van der Waals surface area contributed by atoms with Crippen molar-refractivity contribution in [3.05, 3.63) is 85.6 Å². The smallest absolute Gasteiger partial charge is 0.167 e. The number of anilines is 1. The van der Waals surface area contributed by atoms with E-state index in [9.17, 15) is 4.39 Å². The summed E-state index contributed by atoms with van der Waals surface area (Å²) in [5.41, 5.74) is 3.46. The highest BCUT2D eigenvalue weighted by Crippen LogP contribution is 2.38. The van der Waals surface area contributed by atoms with Crippen molar-refractivity contribution in [1.29, 1.82) is 0 Å². The summed E-state index contributed by atoms with van der Waals surface area (Å²) in [6.45, 7) is 2.61. The Hall–Kier alpha value is -1.95. The van der Waals surface area contributed by atoms with Gasteiger partial charge in [-0.05, 0) is 48.9 Å². The van der Waals surface area contributed by atoms with Crippen LogP contribution in [0.1, 0.15) is 16.7 Å². The van der Waals surface area contributed by atoms with Crippen LogP contribution in [-0.4, -0.2) is 7.11 Å². The van der Waals surface area contributed by atoms with E-state index in [-0.39, 0.29) is 12.4 Å². The summed E-state index contributed by atoms with van der Waals surface area (Å²) in [7, 11) is 1.58. The first-order chi connectivity index (χ1) is 13.9. The van der Waals surface area contributed by atoms with Gasteiger partial charge >= 0.3 is 0 Å². The van der Waals surface area contributed by atoms with E-state index in [1.807, 2.05) is 37.3 Å². The SMILES string of the molecule is COc1ccc(Br)c(CNc2ccc(C)c(Cl)c2)c1OCc1ccc(F)cc1Cl. The third kappa shape index (κ3) is 5.35. The normalized spacial score (nSPS) is 10.7. The second-order valence-electron chi connectivity index (χ2n) is 6.40. The average molecular weight is 499 g/mol. The highest BCUT2D eigenvalue weighted by atomic mass is 79.9. The predicted molar refractivity (Wildman–Crippen MR) is 120 cm³/mol. The van der Waals surface area contributed by atoms with Crippen LogP contribution in [0.2, 0.25) is 10.0 Å². The maximum Gasteiger partial charge on any atom is 0.167 e. The fourth-order valence-corrected chi connectivity index (χ4v) is 3.60. The number of benzene rings is 3. The van der Waals surface area contributed by atoms with Gasteiger partial charge in [0.05, 0.1) is 12.1 Å². The highest BCUT2D eigenvalue weighted by molar-refractivity contribution is 9.10.